The van der Waals surface area contributed by atoms with Crippen LogP contribution in [0.1, 0.15) is 38.3 Å². The predicted octanol–water partition coefficient (Wildman–Crippen LogP) is 3.02. The summed E-state index contributed by atoms with van der Waals surface area (Å²) < 4.78 is 0. The Kier molecular flexibility index (Phi) is 4.91. The first-order valence-electron chi connectivity index (χ1n) is 6.40. The number of hydrogen-bond acceptors (Lipinski definition) is 2. The molecule has 0 saturated heterocycles. The van der Waals surface area contributed by atoms with Gasteiger partial charge in [0.2, 0.25) is 5.91 Å². The number of aryl methyl sites for hydroxylation is 2. The summed E-state index contributed by atoms with van der Waals surface area (Å²) in [6.07, 6.45) is 0.491. The molecule has 0 aliphatic carbocycles. The molecule has 3 heteroatoms. The molecule has 18 heavy (non-hydrogen) atoms. The van der Waals surface area contributed by atoms with E-state index in [0.29, 0.717) is 13.0 Å². The average molecular weight is 248 g/mol. The number of nitrogens with one attached hydrogen (secondary N) is 2. The second-order valence-electron chi connectivity index (χ2n) is 5.79. The van der Waals surface area contributed by atoms with Crippen molar-refractivity contribution in [2.75, 3.05) is 11.9 Å². The Morgan fingerprint density at radius 3 is 2.44 bits per heavy atom. The lowest BCUT2D eigenvalue weighted by molar-refractivity contribution is -0.116. The van der Waals surface area contributed by atoms with E-state index in [1.807, 2.05) is 26.0 Å². The highest BCUT2D eigenvalue weighted by atomic mass is 16.1. The van der Waals surface area contributed by atoms with Gasteiger partial charge in [-0.25, -0.2) is 0 Å². The molecule has 100 valence electrons. The lowest BCUT2D eigenvalue weighted by Gasteiger charge is -2.20. The van der Waals surface area contributed by atoms with Gasteiger partial charge in [0.05, 0.1) is 0 Å². The molecule has 3 nitrogen and oxygen atoms in total. The molecule has 0 aromatic heterocycles. The predicted molar refractivity (Wildman–Crippen MR) is 76.9 cm³/mol. The maximum absolute atomic E-state index is 11.8. The quantitative estimate of drug-likeness (QED) is 0.860. The first-order chi connectivity index (χ1) is 8.28. The van der Waals surface area contributed by atoms with Gasteiger partial charge in [0, 0.05) is 24.2 Å². The number of amides is 1. The Bertz CT molecular complexity index is 419. The standard InChI is InChI=1S/C15H24N2O/c1-11-6-7-13(12(2)10-11)17-14(18)8-9-16-15(3,4)5/h6-7,10,16H,8-9H2,1-5H3,(H,17,18). The van der Waals surface area contributed by atoms with Crippen LogP contribution in [0.15, 0.2) is 18.2 Å². The van der Waals surface area contributed by atoms with Crippen LogP contribution in [0.2, 0.25) is 0 Å². The molecule has 0 aliphatic heterocycles. The van der Waals surface area contributed by atoms with Crippen molar-refractivity contribution in [1.82, 2.24) is 5.32 Å². The van der Waals surface area contributed by atoms with Crippen LogP contribution in [0.4, 0.5) is 5.69 Å². The van der Waals surface area contributed by atoms with E-state index >= 15 is 0 Å². The third-order valence-corrected chi connectivity index (χ3v) is 2.66. The zero-order valence-electron chi connectivity index (χ0n) is 12.1. The van der Waals surface area contributed by atoms with E-state index in [9.17, 15) is 4.79 Å². The van der Waals surface area contributed by atoms with E-state index in [-0.39, 0.29) is 11.4 Å². The topological polar surface area (TPSA) is 41.1 Å². The molecule has 0 bridgehead atoms. The van der Waals surface area contributed by atoms with Gasteiger partial charge in [0.1, 0.15) is 0 Å². The van der Waals surface area contributed by atoms with Crippen molar-refractivity contribution in [3.05, 3.63) is 29.3 Å². The zero-order chi connectivity index (χ0) is 13.8. The molecule has 0 atom stereocenters. The molecule has 0 unspecified atom stereocenters. The first-order valence-corrected chi connectivity index (χ1v) is 6.40. The van der Waals surface area contributed by atoms with Gasteiger partial charge in [-0.1, -0.05) is 17.7 Å². The summed E-state index contributed by atoms with van der Waals surface area (Å²) in [7, 11) is 0. The van der Waals surface area contributed by atoms with E-state index in [1.165, 1.54) is 5.56 Å². The second-order valence-corrected chi connectivity index (χ2v) is 5.79. The average Bonchev–Trinajstić information content (AvgIpc) is 2.20. The van der Waals surface area contributed by atoms with Gasteiger partial charge in [0.25, 0.3) is 0 Å². The van der Waals surface area contributed by atoms with Gasteiger partial charge in [-0.3, -0.25) is 4.79 Å². The largest absolute Gasteiger partial charge is 0.326 e. The summed E-state index contributed by atoms with van der Waals surface area (Å²) in [5.41, 5.74) is 3.27. The minimum Gasteiger partial charge on any atom is -0.326 e. The highest BCUT2D eigenvalue weighted by Gasteiger charge is 2.10. The van der Waals surface area contributed by atoms with Crippen molar-refractivity contribution < 1.29 is 4.79 Å². The lowest BCUT2D eigenvalue weighted by atomic mass is 10.1. The smallest absolute Gasteiger partial charge is 0.225 e. The summed E-state index contributed by atoms with van der Waals surface area (Å²) in [4.78, 5) is 11.8. The Morgan fingerprint density at radius 1 is 1.22 bits per heavy atom. The van der Waals surface area contributed by atoms with Gasteiger partial charge in [-0.05, 0) is 46.2 Å². The minimum absolute atomic E-state index is 0.0544. The fourth-order valence-electron chi connectivity index (χ4n) is 1.72. The fourth-order valence-corrected chi connectivity index (χ4v) is 1.72. The van der Waals surface area contributed by atoms with Crippen molar-refractivity contribution in [2.45, 2.75) is 46.6 Å². The molecule has 2 N–H and O–H groups in total. The van der Waals surface area contributed by atoms with Crippen LogP contribution >= 0.6 is 0 Å². The second kappa shape index (κ2) is 6.01. The number of rotatable bonds is 4. The van der Waals surface area contributed by atoms with Crippen LogP contribution in [-0.4, -0.2) is 18.0 Å². The summed E-state index contributed by atoms with van der Waals surface area (Å²) in [5, 5.41) is 6.25. The van der Waals surface area contributed by atoms with Gasteiger partial charge >= 0.3 is 0 Å². The van der Waals surface area contributed by atoms with E-state index in [1.54, 1.807) is 0 Å². The highest BCUT2D eigenvalue weighted by molar-refractivity contribution is 5.91. The van der Waals surface area contributed by atoms with Crippen molar-refractivity contribution in [2.24, 2.45) is 0 Å². The zero-order valence-corrected chi connectivity index (χ0v) is 12.1. The molecular formula is C15H24N2O. The molecule has 0 radical (unpaired) electrons. The molecule has 1 aromatic rings. The van der Waals surface area contributed by atoms with Crippen molar-refractivity contribution in [3.63, 3.8) is 0 Å². The highest BCUT2D eigenvalue weighted by Crippen LogP contribution is 2.16. The summed E-state index contributed by atoms with van der Waals surface area (Å²) >= 11 is 0. The molecule has 1 aromatic carbocycles. The number of benzene rings is 1. The van der Waals surface area contributed by atoms with Crippen LogP contribution in [0.25, 0.3) is 0 Å². The van der Waals surface area contributed by atoms with E-state index < -0.39 is 0 Å². The number of carbonyl (C=O) groups excluding carboxylic acids is 1. The maximum atomic E-state index is 11.8. The monoisotopic (exact) mass is 248 g/mol. The molecule has 0 spiro atoms. The molecule has 0 heterocycles. The molecule has 0 aliphatic rings. The number of anilines is 1. The molecule has 0 fully saturated rings. The Hall–Kier alpha value is -1.35. The van der Waals surface area contributed by atoms with E-state index in [0.717, 1.165) is 11.3 Å². The molecule has 1 amide bonds. The number of carbonyl (C=O) groups is 1. The van der Waals surface area contributed by atoms with Crippen molar-refractivity contribution >= 4 is 11.6 Å². The SMILES string of the molecule is Cc1ccc(NC(=O)CCNC(C)(C)C)c(C)c1. The Balaban J connectivity index is 2.45. The Morgan fingerprint density at radius 2 is 1.89 bits per heavy atom. The van der Waals surface area contributed by atoms with Crippen LogP contribution in [0.5, 0.6) is 0 Å². The van der Waals surface area contributed by atoms with Gasteiger partial charge < -0.3 is 10.6 Å². The maximum Gasteiger partial charge on any atom is 0.225 e. The van der Waals surface area contributed by atoms with Crippen LogP contribution in [0, 0.1) is 13.8 Å². The third-order valence-electron chi connectivity index (χ3n) is 2.66. The summed E-state index contributed by atoms with van der Waals surface area (Å²) in [6, 6.07) is 6.04. The van der Waals surface area contributed by atoms with Crippen LogP contribution < -0.4 is 10.6 Å². The molecule has 1 rings (SSSR count). The number of hydrogen-bond donors (Lipinski definition) is 2. The lowest BCUT2D eigenvalue weighted by Crippen LogP contribution is -2.37. The van der Waals surface area contributed by atoms with Gasteiger partial charge in [0.15, 0.2) is 0 Å². The van der Waals surface area contributed by atoms with Crippen molar-refractivity contribution in [1.29, 1.82) is 0 Å². The fraction of sp³-hybridized carbons (Fsp3) is 0.533. The van der Waals surface area contributed by atoms with Crippen LogP contribution in [0.3, 0.4) is 0 Å². The molecular weight excluding hydrogens is 224 g/mol. The Labute approximate surface area is 110 Å². The van der Waals surface area contributed by atoms with E-state index in [2.05, 4.69) is 37.5 Å². The summed E-state index contributed by atoms with van der Waals surface area (Å²) in [6.45, 7) is 11.0. The van der Waals surface area contributed by atoms with Crippen molar-refractivity contribution in [3.8, 4) is 0 Å². The first kappa shape index (κ1) is 14.7. The summed E-state index contributed by atoms with van der Waals surface area (Å²) in [5.74, 6) is 0.0544. The molecule has 0 saturated carbocycles. The normalized spacial score (nSPS) is 11.4. The van der Waals surface area contributed by atoms with Crippen LogP contribution in [-0.2, 0) is 4.79 Å². The van der Waals surface area contributed by atoms with Gasteiger partial charge in [-0.2, -0.15) is 0 Å². The third kappa shape index (κ3) is 5.32. The minimum atomic E-state index is 0.0544. The van der Waals surface area contributed by atoms with E-state index in [4.69, 9.17) is 0 Å². The van der Waals surface area contributed by atoms with Gasteiger partial charge in [-0.15, -0.1) is 0 Å².